The molecule has 0 saturated carbocycles. The molecule has 2 aromatic carbocycles. The first-order chi connectivity index (χ1) is 11.1. The first-order valence-corrected chi connectivity index (χ1v) is 7.38. The number of hydrazone groups is 1. The molecule has 23 heavy (non-hydrogen) atoms. The highest BCUT2D eigenvalue weighted by Gasteiger charge is 2.04. The number of hydrogen-bond acceptors (Lipinski definition) is 4. The molecule has 0 heterocycles. The highest BCUT2D eigenvalue weighted by molar-refractivity contribution is 6.38. The van der Waals surface area contributed by atoms with Crippen LogP contribution in [0.4, 0.5) is 0 Å². The van der Waals surface area contributed by atoms with E-state index in [9.17, 15) is 4.79 Å². The van der Waals surface area contributed by atoms with Gasteiger partial charge in [-0.05, 0) is 24.3 Å². The van der Waals surface area contributed by atoms with Crippen molar-refractivity contribution in [2.75, 3.05) is 13.7 Å². The SMILES string of the molecule is COc1cccc(OCC(=O)N/N=C/c2c(Cl)cccc2Cl)c1. The van der Waals surface area contributed by atoms with E-state index >= 15 is 0 Å². The van der Waals surface area contributed by atoms with Crippen LogP contribution in [-0.2, 0) is 4.79 Å². The van der Waals surface area contributed by atoms with Crippen LogP contribution in [0, 0.1) is 0 Å². The lowest BCUT2D eigenvalue weighted by Crippen LogP contribution is -2.24. The molecule has 1 amide bonds. The van der Waals surface area contributed by atoms with Crippen LogP contribution in [0.25, 0.3) is 0 Å². The maximum absolute atomic E-state index is 11.7. The summed E-state index contributed by atoms with van der Waals surface area (Å²) in [7, 11) is 1.56. The Bertz CT molecular complexity index is 700. The maximum Gasteiger partial charge on any atom is 0.277 e. The fourth-order valence-corrected chi connectivity index (χ4v) is 2.17. The van der Waals surface area contributed by atoms with Gasteiger partial charge in [0.25, 0.3) is 5.91 Å². The van der Waals surface area contributed by atoms with Crippen molar-refractivity contribution in [3.05, 3.63) is 58.1 Å². The summed E-state index contributed by atoms with van der Waals surface area (Å²) in [5.41, 5.74) is 2.87. The van der Waals surface area contributed by atoms with E-state index in [1.165, 1.54) is 6.21 Å². The number of hydrogen-bond donors (Lipinski definition) is 1. The van der Waals surface area contributed by atoms with E-state index in [4.69, 9.17) is 32.7 Å². The molecule has 0 bridgehead atoms. The zero-order chi connectivity index (χ0) is 16.7. The van der Waals surface area contributed by atoms with E-state index in [1.807, 2.05) is 0 Å². The number of rotatable bonds is 6. The van der Waals surface area contributed by atoms with Gasteiger partial charge in [-0.25, -0.2) is 5.43 Å². The van der Waals surface area contributed by atoms with E-state index in [2.05, 4.69) is 10.5 Å². The number of carbonyl (C=O) groups is 1. The highest BCUT2D eigenvalue weighted by Crippen LogP contribution is 2.22. The Hall–Kier alpha value is -2.24. The fraction of sp³-hybridized carbons (Fsp3) is 0.125. The average molecular weight is 353 g/mol. The van der Waals surface area contributed by atoms with Gasteiger partial charge in [-0.2, -0.15) is 5.10 Å². The van der Waals surface area contributed by atoms with Gasteiger partial charge in [0.05, 0.1) is 23.4 Å². The lowest BCUT2D eigenvalue weighted by atomic mass is 10.2. The van der Waals surface area contributed by atoms with Gasteiger partial charge in [0.2, 0.25) is 0 Å². The van der Waals surface area contributed by atoms with Gasteiger partial charge in [-0.3, -0.25) is 4.79 Å². The molecular weight excluding hydrogens is 339 g/mol. The summed E-state index contributed by atoms with van der Waals surface area (Å²) in [6, 6.07) is 12.0. The molecule has 7 heteroatoms. The predicted octanol–water partition coefficient (Wildman–Crippen LogP) is 3.53. The molecule has 0 fully saturated rings. The van der Waals surface area contributed by atoms with Crippen LogP contribution in [0.15, 0.2) is 47.6 Å². The molecule has 0 aliphatic carbocycles. The summed E-state index contributed by atoms with van der Waals surface area (Å²) in [5, 5.41) is 4.71. The minimum Gasteiger partial charge on any atom is -0.497 e. The van der Waals surface area contributed by atoms with Crippen LogP contribution in [-0.4, -0.2) is 25.8 Å². The fourth-order valence-electron chi connectivity index (χ4n) is 1.67. The van der Waals surface area contributed by atoms with E-state index in [0.29, 0.717) is 27.1 Å². The Morgan fingerprint density at radius 1 is 1.17 bits per heavy atom. The Labute approximate surface area is 143 Å². The molecule has 0 unspecified atom stereocenters. The lowest BCUT2D eigenvalue weighted by molar-refractivity contribution is -0.123. The molecule has 0 radical (unpaired) electrons. The van der Waals surface area contributed by atoms with Crippen molar-refractivity contribution in [2.24, 2.45) is 5.10 Å². The Kier molecular flexibility index (Phi) is 6.26. The molecule has 2 rings (SSSR count). The molecule has 0 aliphatic rings. The molecule has 5 nitrogen and oxygen atoms in total. The van der Waals surface area contributed by atoms with Crippen molar-refractivity contribution < 1.29 is 14.3 Å². The summed E-state index contributed by atoms with van der Waals surface area (Å²) in [6.45, 7) is -0.180. The molecule has 0 saturated heterocycles. The van der Waals surface area contributed by atoms with Crippen LogP contribution in [0.5, 0.6) is 11.5 Å². The third-order valence-corrected chi connectivity index (χ3v) is 3.45. The van der Waals surface area contributed by atoms with Gasteiger partial charge in [0.1, 0.15) is 11.5 Å². The average Bonchev–Trinajstić information content (AvgIpc) is 2.56. The third kappa shape index (κ3) is 5.16. The van der Waals surface area contributed by atoms with Crippen molar-refractivity contribution in [1.29, 1.82) is 0 Å². The molecule has 120 valence electrons. The normalized spacial score (nSPS) is 10.6. The summed E-state index contributed by atoms with van der Waals surface area (Å²) < 4.78 is 10.4. The first kappa shape index (κ1) is 17.1. The van der Waals surface area contributed by atoms with Gasteiger partial charge in [0, 0.05) is 11.6 Å². The van der Waals surface area contributed by atoms with Crippen LogP contribution in [0.2, 0.25) is 10.0 Å². The highest BCUT2D eigenvalue weighted by atomic mass is 35.5. The van der Waals surface area contributed by atoms with Crippen molar-refractivity contribution >= 4 is 35.3 Å². The minimum atomic E-state index is -0.410. The molecule has 0 atom stereocenters. The van der Waals surface area contributed by atoms with Crippen molar-refractivity contribution in [3.63, 3.8) is 0 Å². The van der Waals surface area contributed by atoms with Crippen molar-refractivity contribution in [3.8, 4) is 11.5 Å². The Balaban J connectivity index is 1.86. The summed E-state index contributed by atoms with van der Waals surface area (Å²) in [6.07, 6.45) is 1.38. The minimum absolute atomic E-state index is 0.180. The van der Waals surface area contributed by atoms with Gasteiger partial charge < -0.3 is 9.47 Å². The third-order valence-electron chi connectivity index (χ3n) is 2.79. The number of amides is 1. The Morgan fingerprint density at radius 2 is 1.83 bits per heavy atom. The van der Waals surface area contributed by atoms with E-state index in [0.717, 1.165) is 0 Å². The molecule has 0 aliphatic heterocycles. The van der Waals surface area contributed by atoms with E-state index in [1.54, 1.807) is 49.6 Å². The van der Waals surface area contributed by atoms with Gasteiger partial charge in [-0.1, -0.05) is 35.3 Å². The summed E-state index contributed by atoms with van der Waals surface area (Å²) in [5.74, 6) is 0.763. The standard InChI is InChI=1S/C16H14Cl2N2O3/c1-22-11-4-2-5-12(8-11)23-10-16(21)20-19-9-13-14(17)6-3-7-15(13)18/h2-9H,10H2,1H3,(H,20,21)/b19-9+. The van der Waals surface area contributed by atoms with Crippen molar-refractivity contribution in [1.82, 2.24) is 5.43 Å². The predicted molar refractivity (Wildman–Crippen MR) is 90.7 cm³/mol. The summed E-state index contributed by atoms with van der Waals surface area (Å²) in [4.78, 5) is 11.7. The maximum atomic E-state index is 11.7. The van der Waals surface area contributed by atoms with Gasteiger partial charge in [-0.15, -0.1) is 0 Å². The molecule has 0 spiro atoms. The van der Waals surface area contributed by atoms with E-state index in [-0.39, 0.29) is 6.61 Å². The van der Waals surface area contributed by atoms with Gasteiger partial charge >= 0.3 is 0 Å². The smallest absolute Gasteiger partial charge is 0.277 e. The lowest BCUT2D eigenvalue weighted by Gasteiger charge is -2.06. The number of nitrogens with one attached hydrogen (secondary N) is 1. The first-order valence-electron chi connectivity index (χ1n) is 6.63. The van der Waals surface area contributed by atoms with Crippen LogP contribution < -0.4 is 14.9 Å². The molecular formula is C16H14Cl2N2O3. The zero-order valence-electron chi connectivity index (χ0n) is 12.3. The number of benzene rings is 2. The van der Waals surface area contributed by atoms with Crippen LogP contribution >= 0.6 is 23.2 Å². The van der Waals surface area contributed by atoms with Crippen molar-refractivity contribution in [2.45, 2.75) is 0 Å². The van der Waals surface area contributed by atoms with Crippen LogP contribution in [0.1, 0.15) is 5.56 Å². The number of ether oxygens (including phenoxy) is 2. The zero-order valence-corrected chi connectivity index (χ0v) is 13.8. The van der Waals surface area contributed by atoms with Crippen LogP contribution in [0.3, 0.4) is 0 Å². The molecule has 2 aromatic rings. The molecule has 0 aromatic heterocycles. The molecule has 1 N–H and O–H groups in total. The number of nitrogens with zero attached hydrogens (tertiary/aromatic N) is 1. The number of halogens is 2. The second-order valence-corrected chi connectivity index (χ2v) is 5.21. The number of methoxy groups -OCH3 is 1. The second kappa shape index (κ2) is 8.41. The monoisotopic (exact) mass is 352 g/mol. The Morgan fingerprint density at radius 3 is 2.52 bits per heavy atom. The van der Waals surface area contributed by atoms with Gasteiger partial charge in [0.15, 0.2) is 6.61 Å². The number of carbonyl (C=O) groups excluding carboxylic acids is 1. The largest absolute Gasteiger partial charge is 0.497 e. The van der Waals surface area contributed by atoms with E-state index < -0.39 is 5.91 Å². The second-order valence-electron chi connectivity index (χ2n) is 4.40. The summed E-state index contributed by atoms with van der Waals surface area (Å²) >= 11 is 12.0. The topological polar surface area (TPSA) is 59.9 Å². The quantitative estimate of drug-likeness (QED) is 0.638.